The van der Waals surface area contributed by atoms with Crippen molar-refractivity contribution < 1.29 is 9.53 Å². The average Bonchev–Trinajstić information content (AvgIpc) is 3.03. The van der Waals surface area contributed by atoms with Crippen molar-refractivity contribution in [3.8, 4) is 0 Å². The molecule has 0 radical (unpaired) electrons. The molecule has 2 fully saturated rings. The second-order valence-corrected chi connectivity index (χ2v) is 7.48. The molecule has 4 atom stereocenters. The lowest BCUT2D eigenvalue weighted by atomic mass is 9.61. The van der Waals surface area contributed by atoms with Gasteiger partial charge in [0.2, 0.25) is 0 Å². The first kappa shape index (κ1) is 16.2. The van der Waals surface area contributed by atoms with E-state index in [1.807, 2.05) is 26.0 Å². The van der Waals surface area contributed by atoms with Gasteiger partial charge in [0.1, 0.15) is 6.10 Å². The van der Waals surface area contributed by atoms with Gasteiger partial charge in [0.25, 0.3) is 0 Å². The van der Waals surface area contributed by atoms with Crippen molar-refractivity contribution in [2.75, 3.05) is 0 Å². The van der Waals surface area contributed by atoms with E-state index in [2.05, 4.69) is 27.0 Å². The van der Waals surface area contributed by atoms with Crippen molar-refractivity contribution in [3.05, 3.63) is 37.0 Å². The molecule has 0 spiro atoms. The number of carbonyl (C=O) groups is 1. The van der Waals surface area contributed by atoms with Crippen LogP contribution in [0.25, 0.3) is 0 Å². The number of epoxide rings is 1. The molecule has 2 rings (SSSR count). The Hall–Kier alpha value is -1.15. The lowest BCUT2D eigenvalue weighted by Crippen LogP contribution is -2.35. The minimum Gasteiger partial charge on any atom is -0.362 e. The van der Waals surface area contributed by atoms with E-state index in [4.69, 9.17) is 4.74 Å². The minimum absolute atomic E-state index is 0.0773. The molecule has 1 saturated heterocycles. The molecule has 116 valence electrons. The van der Waals surface area contributed by atoms with Gasteiger partial charge in [-0.15, -0.1) is 6.58 Å². The van der Waals surface area contributed by atoms with E-state index in [1.54, 1.807) is 6.08 Å². The average molecular weight is 288 g/mol. The van der Waals surface area contributed by atoms with E-state index in [0.29, 0.717) is 5.92 Å². The molecule has 2 nitrogen and oxygen atoms in total. The molecule has 0 bridgehead atoms. The van der Waals surface area contributed by atoms with Gasteiger partial charge in [-0.2, -0.15) is 0 Å². The van der Waals surface area contributed by atoms with E-state index in [1.165, 1.54) is 0 Å². The van der Waals surface area contributed by atoms with Crippen LogP contribution in [0.1, 0.15) is 47.0 Å². The maximum atomic E-state index is 12.4. The van der Waals surface area contributed by atoms with Gasteiger partial charge in [0.05, 0.1) is 5.60 Å². The fraction of sp³-hybridized carbons (Fsp3) is 0.632. The van der Waals surface area contributed by atoms with Gasteiger partial charge in [-0.3, -0.25) is 4.79 Å². The van der Waals surface area contributed by atoms with Crippen LogP contribution in [0.5, 0.6) is 0 Å². The van der Waals surface area contributed by atoms with Crippen molar-refractivity contribution in [1.29, 1.82) is 0 Å². The van der Waals surface area contributed by atoms with Crippen LogP contribution < -0.4 is 0 Å². The van der Waals surface area contributed by atoms with Crippen LogP contribution in [0.4, 0.5) is 0 Å². The molecule has 3 unspecified atom stereocenters. The fourth-order valence-electron chi connectivity index (χ4n) is 3.48. The normalized spacial score (nSPS) is 38.2. The minimum atomic E-state index is -0.0923. The number of hydrogen-bond donors (Lipinski definition) is 0. The van der Waals surface area contributed by atoms with Gasteiger partial charge in [0, 0.05) is 5.92 Å². The summed E-state index contributed by atoms with van der Waals surface area (Å²) in [6, 6.07) is 0. The molecule has 0 aromatic rings. The Balaban J connectivity index is 2.01. The lowest BCUT2D eigenvalue weighted by Gasteiger charge is -2.42. The molecule has 21 heavy (non-hydrogen) atoms. The standard InChI is InChI=1S/C19H28O2/c1-7-19(6)11-10-14(12-15(19)13(2)3)16(20)8-9-17-18(4,5)21-17/h7-9,14-15,17H,1-2,10-12H2,3-6H3/b9-8+/t14?,15?,17?,19-/m0/s1. The van der Waals surface area contributed by atoms with E-state index < -0.39 is 0 Å². The summed E-state index contributed by atoms with van der Waals surface area (Å²) in [5.74, 6) is 0.691. The first-order valence-electron chi connectivity index (χ1n) is 7.88. The van der Waals surface area contributed by atoms with Crippen LogP contribution in [-0.4, -0.2) is 17.5 Å². The lowest BCUT2D eigenvalue weighted by molar-refractivity contribution is -0.120. The Morgan fingerprint density at radius 2 is 1.95 bits per heavy atom. The van der Waals surface area contributed by atoms with Gasteiger partial charge in [-0.1, -0.05) is 25.2 Å². The predicted molar refractivity (Wildman–Crippen MR) is 87.0 cm³/mol. The van der Waals surface area contributed by atoms with E-state index in [9.17, 15) is 4.79 Å². The summed E-state index contributed by atoms with van der Waals surface area (Å²) in [6.07, 6.45) is 8.61. The number of allylic oxidation sites excluding steroid dienone is 3. The largest absolute Gasteiger partial charge is 0.362 e. The van der Waals surface area contributed by atoms with Gasteiger partial charge < -0.3 is 4.74 Å². The number of ether oxygens (including phenoxy) is 1. The summed E-state index contributed by atoms with van der Waals surface area (Å²) < 4.78 is 5.49. The Labute approximate surface area is 129 Å². The fourth-order valence-corrected chi connectivity index (χ4v) is 3.48. The number of hydrogen-bond acceptors (Lipinski definition) is 2. The molecule has 2 aliphatic rings. The zero-order chi connectivity index (χ0) is 15.8. The maximum absolute atomic E-state index is 12.4. The SMILES string of the molecule is C=C[C@@]1(C)CCC(C(=O)/C=C/C2OC2(C)C)CC1C(=C)C. The number of rotatable bonds is 5. The van der Waals surface area contributed by atoms with Crippen LogP contribution in [-0.2, 0) is 9.53 Å². The topological polar surface area (TPSA) is 29.6 Å². The molecule has 0 N–H and O–H groups in total. The van der Waals surface area contributed by atoms with Gasteiger partial charge >= 0.3 is 0 Å². The van der Waals surface area contributed by atoms with Crippen LogP contribution >= 0.6 is 0 Å². The third-order valence-electron chi connectivity index (χ3n) is 5.31. The highest BCUT2D eigenvalue weighted by atomic mass is 16.6. The van der Waals surface area contributed by atoms with Gasteiger partial charge in [0.15, 0.2) is 5.78 Å². The Morgan fingerprint density at radius 1 is 1.33 bits per heavy atom. The summed E-state index contributed by atoms with van der Waals surface area (Å²) >= 11 is 0. The van der Waals surface area contributed by atoms with Crippen molar-refractivity contribution in [2.45, 2.75) is 58.7 Å². The van der Waals surface area contributed by atoms with Crippen LogP contribution in [0.15, 0.2) is 37.0 Å². The zero-order valence-corrected chi connectivity index (χ0v) is 13.8. The zero-order valence-electron chi connectivity index (χ0n) is 13.8. The Morgan fingerprint density at radius 3 is 2.43 bits per heavy atom. The first-order valence-corrected chi connectivity index (χ1v) is 7.88. The van der Waals surface area contributed by atoms with Crippen LogP contribution in [0.3, 0.4) is 0 Å². The number of ketones is 1. The monoisotopic (exact) mass is 288 g/mol. The molecule has 0 amide bonds. The van der Waals surface area contributed by atoms with E-state index in [-0.39, 0.29) is 28.8 Å². The Kier molecular flexibility index (Phi) is 4.30. The van der Waals surface area contributed by atoms with E-state index >= 15 is 0 Å². The predicted octanol–water partition coefficient (Wildman–Crippen LogP) is 4.47. The molecule has 0 aromatic carbocycles. The van der Waals surface area contributed by atoms with Crippen molar-refractivity contribution >= 4 is 5.78 Å². The molecular formula is C19H28O2. The van der Waals surface area contributed by atoms with Crippen molar-refractivity contribution in [1.82, 2.24) is 0 Å². The summed E-state index contributed by atoms with van der Waals surface area (Å²) in [5, 5.41) is 0. The molecule has 1 heterocycles. The molecule has 2 heteroatoms. The highest BCUT2D eigenvalue weighted by Crippen LogP contribution is 2.47. The molecule has 1 aliphatic carbocycles. The van der Waals surface area contributed by atoms with Gasteiger partial charge in [-0.05, 0) is 63.5 Å². The molecule has 1 aliphatic heterocycles. The van der Waals surface area contributed by atoms with Crippen molar-refractivity contribution in [2.24, 2.45) is 17.3 Å². The summed E-state index contributed by atoms with van der Waals surface area (Å²) in [4.78, 5) is 12.4. The molecule has 0 aromatic heterocycles. The second-order valence-electron chi connectivity index (χ2n) is 7.48. The summed E-state index contributed by atoms with van der Waals surface area (Å²) in [6.45, 7) is 16.5. The highest BCUT2D eigenvalue weighted by Gasteiger charge is 2.46. The van der Waals surface area contributed by atoms with Gasteiger partial charge in [-0.25, -0.2) is 0 Å². The quantitative estimate of drug-likeness (QED) is 0.424. The van der Waals surface area contributed by atoms with E-state index in [0.717, 1.165) is 24.8 Å². The third-order valence-corrected chi connectivity index (χ3v) is 5.31. The smallest absolute Gasteiger partial charge is 0.158 e. The van der Waals surface area contributed by atoms with Crippen molar-refractivity contribution in [3.63, 3.8) is 0 Å². The third kappa shape index (κ3) is 3.37. The van der Waals surface area contributed by atoms with Crippen LogP contribution in [0, 0.1) is 17.3 Å². The summed E-state index contributed by atoms with van der Waals surface area (Å²) in [5.41, 5.74) is 1.14. The second kappa shape index (κ2) is 5.57. The molecule has 1 saturated carbocycles. The maximum Gasteiger partial charge on any atom is 0.158 e. The van der Waals surface area contributed by atoms with Crippen LogP contribution in [0.2, 0.25) is 0 Å². The highest BCUT2D eigenvalue weighted by molar-refractivity contribution is 5.92. The number of carbonyl (C=O) groups excluding carboxylic acids is 1. The molecular weight excluding hydrogens is 260 g/mol. The Bertz CT molecular complexity index is 486. The summed E-state index contributed by atoms with van der Waals surface area (Å²) in [7, 11) is 0. The first-order chi connectivity index (χ1) is 9.69.